The summed E-state index contributed by atoms with van der Waals surface area (Å²) in [5.41, 5.74) is 3.38. The second-order valence-corrected chi connectivity index (χ2v) is 7.32. The van der Waals surface area contributed by atoms with Crippen LogP contribution in [0.1, 0.15) is 35.6 Å². The minimum atomic E-state index is -0.391. The highest BCUT2D eigenvalue weighted by Gasteiger charge is 2.28. The first-order valence-electron chi connectivity index (χ1n) is 9.68. The first kappa shape index (κ1) is 22.4. The zero-order valence-electron chi connectivity index (χ0n) is 16.9. The minimum absolute atomic E-state index is 0. The summed E-state index contributed by atoms with van der Waals surface area (Å²) in [6.45, 7) is 4.20. The number of likely N-dealkylation sites (N-methyl/N-ethyl adjacent to an activating group) is 1. The quantitative estimate of drug-likeness (QED) is 0.732. The average Bonchev–Trinajstić information content (AvgIpc) is 3.32. The first-order chi connectivity index (χ1) is 13.1. The number of rotatable bonds is 8. The normalized spacial score (nSPS) is 17.2. The van der Waals surface area contributed by atoms with Gasteiger partial charge in [0.25, 0.3) is 0 Å². The van der Waals surface area contributed by atoms with Crippen molar-refractivity contribution < 1.29 is 9.53 Å². The number of benzene rings is 1. The molecular weight excluding hydrogens is 376 g/mol. The van der Waals surface area contributed by atoms with Crippen LogP contribution in [0.25, 0.3) is 0 Å². The lowest BCUT2D eigenvalue weighted by Gasteiger charge is -2.29. The van der Waals surface area contributed by atoms with Gasteiger partial charge >= 0.3 is 0 Å². The second kappa shape index (κ2) is 10.6. The highest BCUT2D eigenvalue weighted by molar-refractivity contribution is 5.85. The SMILES string of the molecule is CNC(C(=O)N(CCc1ccc(C)cc1)CC1CCCO1)c1cnn(C)c1.Cl. The number of amides is 1. The van der Waals surface area contributed by atoms with Gasteiger partial charge < -0.3 is 15.0 Å². The predicted octanol–water partition coefficient (Wildman–Crippen LogP) is 2.66. The van der Waals surface area contributed by atoms with E-state index in [1.807, 2.05) is 25.2 Å². The van der Waals surface area contributed by atoms with E-state index >= 15 is 0 Å². The number of carbonyl (C=O) groups excluding carboxylic acids is 1. The molecule has 1 aliphatic rings. The highest BCUT2D eigenvalue weighted by Crippen LogP contribution is 2.19. The van der Waals surface area contributed by atoms with Crippen molar-refractivity contribution in [2.75, 3.05) is 26.7 Å². The molecule has 28 heavy (non-hydrogen) atoms. The number of halogens is 1. The number of nitrogens with one attached hydrogen (secondary N) is 1. The van der Waals surface area contributed by atoms with Crippen LogP contribution in [0, 0.1) is 6.92 Å². The van der Waals surface area contributed by atoms with Crippen molar-refractivity contribution in [3.05, 3.63) is 53.3 Å². The summed E-state index contributed by atoms with van der Waals surface area (Å²) < 4.78 is 7.52. The summed E-state index contributed by atoms with van der Waals surface area (Å²) in [4.78, 5) is 15.3. The van der Waals surface area contributed by atoms with Crippen molar-refractivity contribution in [3.8, 4) is 0 Å². The number of carbonyl (C=O) groups is 1. The average molecular weight is 407 g/mol. The number of aromatic nitrogens is 2. The lowest BCUT2D eigenvalue weighted by Crippen LogP contribution is -2.44. The third-order valence-electron chi connectivity index (χ3n) is 5.14. The maximum absolute atomic E-state index is 13.3. The minimum Gasteiger partial charge on any atom is -0.376 e. The van der Waals surface area contributed by atoms with E-state index in [2.05, 4.69) is 41.6 Å². The molecule has 2 atom stereocenters. The molecule has 1 N–H and O–H groups in total. The van der Waals surface area contributed by atoms with Crippen LogP contribution < -0.4 is 5.32 Å². The van der Waals surface area contributed by atoms with Crippen LogP contribution in [0.5, 0.6) is 0 Å². The van der Waals surface area contributed by atoms with Crippen LogP contribution in [-0.2, 0) is 23.0 Å². The number of aryl methyl sites for hydroxylation is 2. The fourth-order valence-corrected chi connectivity index (χ4v) is 3.55. The van der Waals surface area contributed by atoms with Gasteiger partial charge in [-0.3, -0.25) is 9.48 Å². The first-order valence-corrected chi connectivity index (χ1v) is 9.68. The van der Waals surface area contributed by atoms with E-state index in [-0.39, 0.29) is 24.4 Å². The van der Waals surface area contributed by atoms with E-state index in [9.17, 15) is 4.79 Å². The van der Waals surface area contributed by atoms with E-state index in [1.165, 1.54) is 11.1 Å². The smallest absolute Gasteiger partial charge is 0.244 e. The molecule has 1 aromatic heterocycles. The third-order valence-corrected chi connectivity index (χ3v) is 5.14. The van der Waals surface area contributed by atoms with E-state index in [4.69, 9.17) is 4.74 Å². The molecule has 0 bridgehead atoms. The molecule has 0 saturated carbocycles. The molecule has 0 spiro atoms. The van der Waals surface area contributed by atoms with Gasteiger partial charge in [0.1, 0.15) is 6.04 Å². The number of hydrogen-bond acceptors (Lipinski definition) is 4. The van der Waals surface area contributed by atoms with Gasteiger partial charge in [0.05, 0.1) is 12.3 Å². The fourth-order valence-electron chi connectivity index (χ4n) is 3.55. The molecule has 1 aliphatic heterocycles. The molecule has 2 unspecified atom stereocenters. The Kier molecular flexibility index (Phi) is 8.48. The highest BCUT2D eigenvalue weighted by atomic mass is 35.5. The molecule has 6 nitrogen and oxygen atoms in total. The van der Waals surface area contributed by atoms with Crippen LogP contribution in [0.15, 0.2) is 36.7 Å². The monoisotopic (exact) mass is 406 g/mol. The van der Waals surface area contributed by atoms with Gasteiger partial charge in [-0.1, -0.05) is 29.8 Å². The zero-order chi connectivity index (χ0) is 19.2. The Morgan fingerprint density at radius 3 is 2.71 bits per heavy atom. The van der Waals surface area contributed by atoms with Crippen molar-refractivity contribution in [1.82, 2.24) is 20.0 Å². The van der Waals surface area contributed by atoms with E-state index in [1.54, 1.807) is 10.9 Å². The Labute approximate surface area is 173 Å². The van der Waals surface area contributed by atoms with Crippen molar-refractivity contribution in [2.45, 2.75) is 38.3 Å². The van der Waals surface area contributed by atoms with Crippen molar-refractivity contribution in [3.63, 3.8) is 0 Å². The molecule has 1 amide bonds. The Morgan fingerprint density at radius 2 is 2.14 bits per heavy atom. The molecule has 1 saturated heterocycles. The van der Waals surface area contributed by atoms with E-state index in [0.717, 1.165) is 31.4 Å². The molecule has 0 aliphatic carbocycles. The van der Waals surface area contributed by atoms with E-state index < -0.39 is 6.04 Å². The molecule has 154 valence electrons. The van der Waals surface area contributed by atoms with E-state index in [0.29, 0.717) is 13.1 Å². The molecule has 2 aromatic rings. The van der Waals surface area contributed by atoms with Crippen LogP contribution >= 0.6 is 12.4 Å². The molecule has 7 heteroatoms. The Hall–Kier alpha value is -1.89. The van der Waals surface area contributed by atoms with Crippen molar-refractivity contribution >= 4 is 18.3 Å². The summed E-state index contributed by atoms with van der Waals surface area (Å²) in [5.74, 6) is 0.0770. The molecule has 2 heterocycles. The standard InChI is InChI=1S/C21H30N4O2.ClH/c1-16-6-8-17(9-7-16)10-11-25(15-19-5-4-12-27-19)21(26)20(22-2)18-13-23-24(3)14-18;/h6-9,13-14,19-20,22H,4-5,10-12,15H2,1-3H3;1H. The Balaban J connectivity index is 0.00000280. The van der Waals surface area contributed by atoms with Crippen molar-refractivity contribution in [1.29, 1.82) is 0 Å². The van der Waals surface area contributed by atoms with Gasteiger partial charge in [-0.25, -0.2) is 0 Å². The van der Waals surface area contributed by atoms with Crippen molar-refractivity contribution in [2.24, 2.45) is 7.05 Å². The van der Waals surface area contributed by atoms with Crippen LogP contribution in [0.4, 0.5) is 0 Å². The molecule has 1 fully saturated rings. The number of ether oxygens (including phenoxy) is 1. The van der Waals surface area contributed by atoms with Gasteiger partial charge in [-0.05, 0) is 38.8 Å². The van der Waals surface area contributed by atoms with Crippen LogP contribution in [0.3, 0.4) is 0 Å². The van der Waals surface area contributed by atoms with Crippen LogP contribution in [0.2, 0.25) is 0 Å². The predicted molar refractivity (Wildman–Crippen MR) is 113 cm³/mol. The van der Waals surface area contributed by atoms with Crippen LogP contribution in [-0.4, -0.2) is 53.4 Å². The molecule has 3 rings (SSSR count). The summed E-state index contributed by atoms with van der Waals surface area (Å²) >= 11 is 0. The van der Waals surface area contributed by atoms with Gasteiger partial charge in [-0.15, -0.1) is 12.4 Å². The lowest BCUT2D eigenvalue weighted by molar-refractivity contribution is -0.135. The topological polar surface area (TPSA) is 59.4 Å². The Morgan fingerprint density at radius 1 is 1.39 bits per heavy atom. The summed E-state index contributed by atoms with van der Waals surface area (Å²) in [6, 6.07) is 8.13. The lowest BCUT2D eigenvalue weighted by atomic mass is 10.1. The van der Waals surface area contributed by atoms with Gasteiger partial charge in [-0.2, -0.15) is 5.10 Å². The summed E-state index contributed by atoms with van der Waals surface area (Å²) in [5, 5.41) is 7.37. The fraction of sp³-hybridized carbons (Fsp3) is 0.524. The van der Waals surface area contributed by atoms with Gasteiger partial charge in [0, 0.05) is 38.5 Å². The maximum atomic E-state index is 13.3. The molecule has 1 aromatic carbocycles. The Bertz CT molecular complexity index is 741. The second-order valence-electron chi connectivity index (χ2n) is 7.32. The van der Waals surface area contributed by atoms with Gasteiger partial charge in [0.15, 0.2) is 0 Å². The largest absolute Gasteiger partial charge is 0.376 e. The number of nitrogens with zero attached hydrogens (tertiary/aromatic N) is 3. The molecular formula is C21H31ClN4O2. The summed E-state index contributed by atoms with van der Waals surface area (Å²) in [7, 11) is 3.68. The van der Waals surface area contributed by atoms with Gasteiger partial charge in [0.2, 0.25) is 5.91 Å². The zero-order valence-corrected chi connectivity index (χ0v) is 17.7. The molecule has 0 radical (unpaired) electrons. The summed E-state index contributed by atoms with van der Waals surface area (Å²) in [6.07, 6.45) is 6.71. The maximum Gasteiger partial charge on any atom is 0.244 e. The third kappa shape index (κ3) is 5.80. The number of hydrogen-bond donors (Lipinski definition) is 1.